The van der Waals surface area contributed by atoms with E-state index in [1.807, 2.05) is 37.3 Å². The molecule has 5 rings (SSSR count). The van der Waals surface area contributed by atoms with Gasteiger partial charge in [0, 0.05) is 22.8 Å². The number of nitrogens with one attached hydrogen (secondary N) is 2. The van der Waals surface area contributed by atoms with E-state index in [9.17, 15) is 19.2 Å². The molecule has 1 saturated heterocycles. The molecular formula is C30H28ClN7O4. The topological polar surface area (TPSA) is 130 Å². The molecule has 4 aromatic rings. The maximum atomic E-state index is 13.7. The number of anilines is 3. The van der Waals surface area contributed by atoms with Gasteiger partial charge in [-0.1, -0.05) is 54.1 Å². The van der Waals surface area contributed by atoms with Crippen LogP contribution in [0.25, 0.3) is 5.69 Å². The molecule has 2 N–H and O–H groups in total. The van der Waals surface area contributed by atoms with E-state index in [4.69, 9.17) is 11.6 Å². The third kappa shape index (κ3) is 6.16. The predicted molar refractivity (Wildman–Crippen MR) is 159 cm³/mol. The zero-order chi connectivity index (χ0) is 29.6. The molecule has 0 radical (unpaired) electrons. The van der Waals surface area contributed by atoms with Gasteiger partial charge < -0.3 is 15.5 Å². The first-order valence-corrected chi connectivity index (χ1v) is 13.7. The molecule has 3 aromatic carbocycles. The summed E-state index contributed by atoms with van der Waals surface area (Å²) in [7, 11) is 0. The number of benzene rings is 3. The Balaban J connectivity index is 1.42. The molecule has 214 valence electrons. The predicted octanol–water partition coefficient (Wildman–Crippen LogP) is 3.48. The monoisotopic (exact) mass is 585 g/mol. The van der Waals surface area contributed by atoms with Gasteiger partial charge in [-0.05, 0) is 53.9 Å². The highest BCUT2D eigenvalue weighted by atomic mass is 35.5. The van der Waals surface area contributed by atoms with Crippen molar-refractivity contribution in [2.24, 2.45) is 0 Å². The highest BCUT2D eigenvalue weighted by Gasteiger charge is 2.39. The SMILES string of the molecule is CCc1cc(NC(=O)C(Cc2ccccc2)N2CC(=O)N(c3cc(Cl)ccc3-n3ccnn3)CC2=O)ccc1NC=O. The van der Waals surface area contributed by atoms with Crippen LogP contribution in [0.2, 0.25) is 5.02 Å². The van der Waals surface area contributed by atoms with Crippen LogP contribution >= 0.6 is 11.6 Å². The second-order valence-corrected chi connectivity index (χ2v) is 10.1. The average Bonchev–Trinajstić information content (AvgIpc) is 3.53. The molecule has 1 aromatic heterocycles. The van der Waals surface area contributed by atoms with E-state index < -0.39 is 17.9 Å². The highest BCUT2D eigenvalue weighted by Crippen LogP contribution is 2.30. The van der Waals surface area contributed by atoms with Crippen molar-refractivity contribution in [2.45, 2.75) is 25.8 Å². The average molecular weight is 586 g/mol. The fourth-order valence-electron chi connectivity index (χ4n) is 4.96. The number of hydrogen-bond acceptors (Lipinski definition) is 6. The molecule has 1 aliphatic heterocycles. The van der Waals surface area contributed by atoms with E-state index in [0.29, 0.717) is 40.6 Å². The molecular weight excluding hydrogens is 558 g/mol. The number of carbonyl (C=O) groups is 4. The van der Waals surface area contributed by atoms with Crippen molar-refractivity contribution in [3.05, 3.63) is 95.3 Å². The summed E-state index contributed by atoms with van der Waals surface area (Å²) in [5.41, 5.74) is 3.78. The zero-order valence-electron chi connectivity index (χ0n) is 22.7. The molecule has 1 atom stereocenters. The normalized spacial score (nSPS) is 14.0. The number of amides is 4. The van der Waals surface area contributed by atoms with Crippen molar-refractivity contribution in [1.82, 2.24) is 19.9 Å². The number of hydrogen-bond donors (Lipinski definition) is 2. The molecule has 1 fully saturated rings. The van der Waals surface area contributed by atoms with Gasteiger partial charge in [-0.15, -0.1) is 5.10 Å². The zero-order valence-corrected chi connectivity index (χ0v) is 23.5. The van der Waals surface area contributed by atoms with E-state index in [1.165, 1.54) is 20.7 Å². The van der Waals surface area contributed by atoms with Gasteiger partial charge >= 0.3 is 0 Å². The second kappa shape index (κ2) is 12.6. The summed E-state index contributed by atoms with van der Waals surface area (Å²) in [4.78, 5) is 54.6. The maximum Gasteiger partial charge on any atom is 0.247 e. The van der Waals surface area contributed by atoms with Gasteiger partial charge in [0.05, 0.1) is 23.8 Å². The largest absolute Gasteiger partial charge is 0.328 e. The van der Waals surface area contributed by atoms with Crippen molar-refractivity contribution in [2.75, 3.05) is 28.6 Å². The smallest absolute Gasteiger partial charge is 0.247 e. The molecule has 0 bridgehead atoms. The van der Waals surface area contributed by atoms with Gasteiger partial charge in [0.15, 0.2) is 0 Å². The standard InChI is InChI=1S/C30H28ClN7O4/c1-2-21-15-23(9-10-24(21)32-19-39)34-30(42)27(14-20-6-4-3-5-7-20)37-18-28(40)36(17-29(37)41)26-16-22(31)8-11-25(26)38-13-12-33-35-38/h3-13,15-16,19,27H,2,14,17-18H2,1H3,(H,32,39)(H,34,42). The van der Waals surface area contributed by atoms with Gasteiger partial charge in [-0.2, -0.15) is 0 Å². The quantitative estimate of drug-likeness (QED) is 0.274. The first-order valence-electron chi connectivity index (χ1n) is 13.3. The number of nitrogens with zero attached hydrogens (tertiary/aromatic N) is 5. The molecule has 1 unspecified atom stereocenters. The summed E-state index contributed by atoms with van der Waals surface area (Å²) >= 11 is 6.27. The molecule has 0 saturated carbocycles. The maximum absolute atomic E-state index is 13.7. The molecule has 12 heteroatoms. The lowest BCUT2D eigenvalue weighted by atomic mass is 10.0. The summed E-state index contributed by atoms with van der Waals surface area (Å²) in [5, 5.41) is 13.8. The number of rotatable bonds is 10. The van der Waals surface area contributed by atoms with E-state index in [-0.39, 0.29) is 25.4 Å². The fraction of sp³-hybridized carbons (Fsp3) is 0.200. The second-order valence-electron chi connectivity index (χ2n) is 9.66. The van der Waals surface area contributed by atoms with Crippen LogP contribution < -0.4 is 15.5 Å². The summed E-state index contributed by atoms with van der Waals surface area (Å²) in [6.07, 6.45) is 4.57. The minimum Gasteiger partial charge on any atom is -0.328 e. The summed E-state index contributed by atoms with van der Waals surface area (Å²) < 4.78 is 1.49. The number of aromatic nitrogens is 3. The van der Waals surface area contributed by atoms with E-state index in [2.05, 4.69) is 20.9 Å². The third-order valence-electron chi connectivity index (χ3n) is 7.04. The van der Waals surface area contributed by atoms with Crippen molar-refractivity contribution in [3.8, 4) is 5.69 Å². The van der Waals surface area contributed by atoms with Crippen molar-refractivity contribution >= 4 is 52.8 Å². The first-order chi connectivity index (χ1) is 20.4. The minimum atomic E-state index is -0.960. The Bertz CT molecular complexity index is 1610. The Labute approximate surface area is 247 Å². The van der Waals surface area contributed by atoms with Crippen LogP contribution in [0.5, 0.6) is 0 Å². The molecule has 2 heterocycles. The molecule has 1 aliphatic rings. The molecule has 42 heavy (non-hydrogen) atoms. The fourth-order valence-corrected chi connectivity index (χ4v) is 5.12. The number of piperazine rings is 1. The van der Waals surface area contributed by atoms with Gasteiger partial charge in [-0.25, -0.2) is 4.68 Å². The van der Waals surface area contributed by atoms with Crippen molar-refractivity contribution < 1.29 is 19.2 Å². The third-order valence-corrected chi connectivity index (χ3v) is 7.27. The Hall–Kier alpha value is -5.03. The van der Waals surface area contributed by atoms with E-state index in [1.54, 1.807) is 42.6 Å². The Morgan fingerprint density at radius 1 is 1.02 bits per heavy atom. The lowest BCUT2D eigenvalue weighted by Crippen LogP contribution is -2.60. The first kappa shape index (κ1) is 28.5. The van der Waals surface area contributed by atoms with Crippen molar-refractivity contribution in [1.29, 1.82) is 0 Å². The van der Waals surface area contributed by atoms with Gasteiger partial charge in [0.2, 0.25) is 24.1 Å². The van der Waals surface area contributed by atoms with Crippen LogP contribution in [-0.2, 0) is 32.0 Å². The van der Waals surface area contributed by atoms with Crippen molar-refractivity contribution in [3.63, 3.8) is 0 Å². The molecule has 0 spiro atoms. The summed E-state index contributed by atoms with van der Waals surface area (Å²) in [6.45, 7) is 1.34. The summed E-state index contributed by atoms with van der Waals surface area (Å²) in [6, 6.07) is 18.5. The van der Waals surface area contributed by atoms with E-state index in [0.717, 1.165) is 11.1 Å². The van der Waals surface area contributed by atoms with Crippen LogP contribution in [-0.4, -0.2) is 63.2 Å². The van der Waals surface area contributed by atoms with E-state index >= 15 is 0 Å². The molecule has 4 amide bonds. The molecule has 0 aliphatic carbocycles. The van der Waals surface area contributed by atoms with Gasteiger partial charge in [0.1, 0.15) is 19.1 Å². The van der Waals surface area contributed by atoms with Crippen LogP contribution in [0, 0.1) is 0 Å². The summed E-state index contributed by atoms with van der Waals surface area (Å²) in [5.74, 6) is -1.20. The molecule has 11 nitrogen and oxygen atoms in total. The van der Waals surface area contributed by atoms with Gasteiger partial charge in [0.25, 0.3) is 0 Å². The Morgan fingerprint density at radius 2 is 1.83 bits per heavy atom. The van der Waals surface area contributed by atoms with Crippen LogP contribution in [0.1, 0.15) is 18.1 Å². The number of halogens is 1. The minimum absolute atomic E-state index is 0.207. The number of aryl methyl sites for hydroxylation is 1. The lowest BCUT2D eigenvalue weighted by Gasteiger charge is -2.38. The lowest BCUT2D eigenvalue weighted by molar-refractivity contribution is -0.143. The van der Waals surface area contributed by atoms with Gasteiger partial charge in [-0.3, -0.25) is 24.1 Å². The van der Waals surface area contributed by atoms with Crippen LogP contribution in [0.15, 0.2) is 79.1 Å². The number of carbonyl (C=O) groups excluding carboxylic acids is 4. The highest BCUT2D eigenvalue weighted by molar-refractivity contribution is 6.31. The van der Waals surface area contributed by atoms with Crippen LogP contribution in [0.3, 0.4) is 0 Å². The van der Waals surface area contributed by atoms with Crippen LogP contribution in [0.4, 0.5) is 17.1 Å². The Morgan fingerprint density at radius 3 is 2.55 bits per heavy atom. The Kier molecular flexibility index (Phi) is 8.58.